The molecule has 1 aromatic heterocycles. The van der Waals surface area contributed by atoms with Crippen molar-refractivity contribution in [2.45, 2.75) is 32.2 Å². The number of imide groups is 1. The number of hydrogen-bond acceptors (Lipinski definition) is 3. The summed E-state index contributed by atoms with van der Waals surface area (Å²) in [7, 11) is 0. The van der Waals surface area contributed by atoms with E-state index in [1.54, 1.807) is 6.20 Å². The van der Waals surface area contributed by atoms with Crippen molar-refractivity contribution < 1.29 is 9.59 Å². The molecule has 2 fully saturated rings. The van der Waals surface area contributed by atoms with Gasteiger partial charge in [0, 0.05) is 6.20 Å². The molecule has 1 saturated heterocycles. The molecular weight excluding hydrogens is 276 g/mol. The van der Waals surface area contributed by atoms with E-state index in [0.29, 0.717) is 0 Å². The van der Waals surface area contributed by atoms with Crippen molar-refractivity contribution in [1.29, 1.82) is 0 Å². The Kier molecular flexibility index (Phi) is 3.13. The average Bonchev–Trinajstić information content (AvgIpc) is 3.21. The first-order valence-electron chi connectivity index (χ1n) is 8.18. The molecule has 2 aliphatic carbocycles. The first-order chi connectivity index (χ1) is 10.7. The highest BCUT2D eigenvalue weighted by Gasteiger charge is 2.60. The molecule has 22 heavy (non-hydrogen) atoms. The fraction of sp³-hybridized carbons (Fsp3) is 0.500. The highest BCUT2D eigenvalue weighted by atomic mass is 16.2. The third-order valence-electron chi connectivity index (χ3n) is 5.41. The monoisotopic (exact) mass is 296 g/mol. The Morgan fingerprint density at radius 2 is 1.86 bits per heavy atom. The first kappa shape index (κ1) is 13.7. The van der Waals surface area contributed by atoms with Crippen LogP contribution in [0.4, 0.5) is 0 Å². The predicted octanol–water partition coefficient (Wildman–Crippen LogP) is 2.73. The number of pyridine rings is 1. The zero-order valence-corrected chi connectivity index (χ0v) is 12.7. The van der Waals surface area contributed by atoms with Gasteiger partial charge in [0.05, 0.1) is 23.6 Å². The number of fused-ring (bicyclic) bond motifs is 5. The van der Waals surface area contributed by atoms with Crippen LogP contribution in [0.15, 0.2) is 36.5 Å². The number of carbonyl (C=O) groups is 2. The molecule has 4 rings (SSSR count). The lowest BCUT2D eigenvalue weighted by Crippen LogP contribution is -2.37. The Labute approximate surface area is 130 Å². The Morgan fingerprint density at radius 1 is 1.18 bits per heavy atom. The SMILES string of the molecule is CCC[C@@H](c1ccccn1)N1C(=O)[C@@H]2[C@H](C1=O)[C@H]1C=C[C@@H]2C1. The van der Waals surface area contributed by atoms with E-state index in [1.165, 1.54) is 4.90 Å². The first-order valence-corrected chi connectivity index (χ1v) is 8.18. The second-order valence-corrected chi connectivity index (χ2v) is 6.61. The molecule has 1 aromatic rings. The molecule has 0 spiro atoms. The normalized spacial score (nSPS) is 33.6. The Bertz CT molecular complexity index is 610. The molecule has 5 atom stereocenters. The summed E-state index contributed by atoms with van der Waals surface area (Å²) >= 11 is 0. The van der Waals surface area contributed by atoms with Gasteiger partial charge in [-0.2, -0.15) is 0 Å². The maximum atomic E-state index is 12.9. The van der Waals surface area contributed by atoms with Crippen LogP contribution in [0.25, 0.3) is 0 Å². The van der Waals surface area contributed by atoms with E-state index in [2.05, 4.69) is 24.1 Å². The van der Waals surface area contributed by atoms with Crippen molar-refractivity contribution in [2.24, 2.45) is 23.7 Å². The van der Waals surface area contributed by atoms with Gasteiger partial charge in [0.15, 0.2) is 0 Å². The number of aromatic nitrogens is 1. The number of carbonyl (C=O) groups excluding carboxylic acids is 2. The zero-order chi connectivity index (χ0) is 15.3. The van der Waals surface area contributed by atoms with E-state index in [4.69, 9.17) is 0 Å². The van der Waals surface area contributed by atoms with Crippen LogP contribution in [0, 0.1) is 23.7 Å². The summed E-state index contributed by atoms with van der Waals surface area (Å²) < 4.78 is 0. The van der Waals surface area contributed by atoms with Gasteiger partial charge in [0.2, 0.25) is 11.8 Å². The number of rotatable bonds is 4. The molecule has 0 N–H and O–H groups in total. The van der Waals surface area contributed by atoms with Gasteiger partial charge in [-0.3, -0.25) is 19.5 Å². The number of likely N-dealkylation sites (tertiary alicyclic amines) is 1. The Morgan fingerprint density at radius 3 is 2.41 bits per heavy atom. The average molecular weight is 296 g/mol. The third-order valence-corrected chi connectivity index (χ3v) is 5.41. The fourth-order valence-electron chi connectivity index (χ4n) is 4.49. The molecule has 2 amide bonds. The Balaban J connectivity index is 1.69. The topological polar surface area (TPSA) is 50.3 Å². The van der Waals surface area contributed by atoms with Gasteiger partial charge in [-0.1, -0.05) is 31.6 Å². The van der Waals surface area contributed by atoms with E-state index in [0.717, 1.165) is 25.0 Å². The van der Waals surface area contributed by atoms with Crippen molar-refractivity contribution in [1.82, 2.24) is 9.88 Å². The van der Waals surface area contributed by atoms with Crippen LogP contribution < -0.4 is 0 Å². The lowest BCUT2D eigenvalue weighted by atomic mass is 9.85. The van der Waals surface area contributed by atoms with Crippen molar-refractivity contribution in [3.63, 3.8) is 0 Å². The maximum absolute atomic E-state index is 12.9. The second-order valence-electron chi connectivity index (χ2n) is 6.61. The second kappa shape index (κ2) is 5.04. The summed E-state index contributed by atoms with van der Waals surface area (Å²) in [5.41, 5.74) is 0.825. The molecule has 2 bridgehead atoms. The summed E-state index contributed by atoms with van der Waals surface area (Å²) in [5, 5.41) is 0. The van der Waals surface area contributed by atoms with E-state index < -0.39 is 0 Å². The molecule has 0 radical (unpaired) electrons. The van der Waals surface area contributed by atoms with Crippen molar-refractivity contribution in [3.05, 3.63) is 42.2 Å². The van der Waals surface area contributed by atoms with Gasteiger partial charge in [-0.15, -0.1) is 0 Å². The highest BCUT2D eigenvalue weighted by Crippen LogP contribution is 2.54. The molecule has 0 aromatic carbocycles. The van der Waals surface area contributed by atoms with Crippen molar-refractivity contribution in [3.8, 4) is 0 Å². The van der Waals surface area contributed by atoms with Crippen LogP contribution in [0.2, 0.25) is 0 Å². The molecule has 0 unspecified atom stereocenters. The van der Waals surface area contributed by atoms with E-state index in [-0.39, 0.29) is 41.5 Å². The quantitative estimate of drug-likeness (QED) is 0.634. The van der Waals surface area contributed by atoms with Crippen LogP contribution in [-0.2, 0) is 9.59 Å². The van der Waals surface area contributed by atoms with Gasteiger partial charge in [0.25, 0.3) is 0 Å². The number of amides is 2. The Hall–Kier alpha value is -1.97. The summed E-state index contributed by atoms with van der Waals surface area (Å²) in [5.74, 6) is 0.341. The number of allylic oxidation sites excluding steroid dienone is 2. The van der Waals surface area contributed by atoms with Gasteiger partial charge in [-0.05, 0) is 36.8 Å². The molecule has 1 aliphatic heterocycles. The molecular formula is C18H20N2O2. The zero-order valence-electron chi connectivity index (χ0n) is 12.7. The van der Waals surface area contributed by atoms with Crippen LogP contribution in [0.1, 0.15) is 37.9 Å². The third kappa shape index (κ3) is 1.79. The lowest BCUT2D eigenvalue weighted by molar-refractivity contribution is -0.144. The predicted molar refractivity (Wildman–Crippen MR) is 81.5 cm³/mol. The smallest absolute Gasteiger partial charge is 0.234 e. The lowest BCUT2D eigenvalue weighted by Gasteiger charge is -2.27. The molecule has 1 saturated carbocycles. The molecule has 4 heteroatoms. The molecule has 4 nitrogen and oxygen atoms in total. The summed E-state index contributed by atoms with van der Waals surface area (Å²) in [6.45, 7) is 2.08. The molecule has 2 heterocycles. The molecule has 114 valence electrons. The van der Waals surface area contributed by atoms with E-state index in [1.807, 2.05) is 18.2 Å². The highest BCUT2D eigenvalue weighted by molar-refractivity contribution is 6.06. The van der Waals surface area contributed by atoms with Crippen LogP contribution in [0.5, 0.6) is 0 Å². The minimum Gasteiger partial charge on any atom is -0.274 e. The van der Waals surface area contributed by atoms with Gasteiger partial charge in [0.1, 0.15) is 0 Å². The molecule has 3 aliphatic rings. The summed E-state index contributed by atoms with van der Waals surface area (Å²) in [6, 6.07) is 5.49. The largest absolute Gasteiger partial charge is 0.274 e. The van der Waals surface area contributed by atoms with Crippen LogP contribution in [-0.4, -0.2) is 21.7 Å². The van der Waals surface area contributed by atoms with Gasteiger partial charge >= 0.3 is 0 Å². The standard InChI is InChI=1S/C18H20N2O2/c1-2-5-14(13-6-3-4-9-19-13)20-17(21)15-11-7-8-12(10-11)16(15)18(20)22/h3-4,6-9,11-12,14-16H,2,5,10H2,1H3/t11-,12+,14-,15+,16-/m0/s1. The van der Waals surface area contributed by atoms with Crippen molar-refractivity contribution in [2.75, 3.05) is 0 Å². The van der Waals surface area contributed by atoms with Crippen LogP contribution in [0.3, 0.4) is 0 Å². The summed E-state index contributed by atoms with van der Waals surface area (Å²) in [6.07, 6.45) is 8.67. The summed E-state index contributed by atoms with van der Waals surface area (Å²) in [4.78, 5) is 31.8. The minimum atomic E-state index is -0.212. The number of nitrogens with zero attached hydrogens (tertiary/aromatic N) is 2. The van der Waals surface area contributed by atoms with Crippen LogP contribution >= 0.6 is 0 Å². The van der Waals surface area contributed by atoms with Gasteiger partial charge in [-0.25, -0.2) is 0 Å². The van der Waals surface area contributed by atoms with E-state index in [9.17, 15) is 9.59 Å². The fourth-order valence-corrected chi connectivity index (χ4v) is 4.49. The van der Waals surface area contributed by atoms with Crippen molar-refractivity contribution >= 4 is 11.8 Å². The van der Waals surface area contributed by atoms with Gasteiger partial charge < -0.3 is 0 Å². The maximum Gasteiger partial charge on any atom is 0.234 e. The minimum absolute atomic E-state index is 0.0240. The number of hydrogen-bond donors (Lipinski definition) is 0. The van der Waals surface area contributed by atoms with E-state index >= 15 is 0 Å².